The van der Waals surface area contributed by atoms with Gasteiger partial charge in [0, 0.05) is 6.20 Å². The zero-order chi connectivity index (χ0) is 9.68. The minimum absolute atomic E-state index is 0.420. The number of hydrogen-bond donors (Lipinski definition) is 1. The van der Waals surface area contributed by atoms with Crippen LogP contribution in [0.25, 0.3) is 6.08 Å². The van der Waals surface area contributed by atoms with E-state index in [0.29, 0.717) is 12.2 Å². The van der Waals surface area contributed by atoms with Crippen LogP contribution in [0.1, 0.15) is 17.5 Å². The Morgan fingerprint density at radius 1 is 1.69 bits per heavy atom. The molecule has 1 aromatic rings. The molecule has 0 unspecified atom stereocenters. The van der Waals surface area contributed by atoms with Crippen molar-refractivity contribution in [2.45, 2.75) is 13.3 Å². The minimum Gasteiger partial charge on any atom is -0.384 e. The van der Waals surface area contributed by atoms with Gasteiger partial charge in [0.2, 0.25) is 0 Å². The van der Waals surface area contributed by atoms with Crippen LogP contribution in [0.5, 0.6) is 0 Å². The quantitative estimate of drug-likeness (QED) is 0.742. The molecule has 3 nitrogen and oxygen atoms in total. The Kier molecular flexibility index (Phi) is 3.04. The standard InChI is InChI=1S/C10H11N3/c1-8-6-10(12)13-7-9(8)4-2-3-5-11/h2,4,6-7H,3H2,1H3,(H2,12,13). The molecule has 0 radical (unpaired) electrons. The van der Waals surface area contributed by atoms with Crippen LogP contribution in [0.15, 0.2) is 18.3 Å². The zero-order valence-electron chi connectivity index (χ0n) is 7.49. The van der Waals surface area contributed by atoms with Crippen LogP contribution in [0.3, 0.4) is 0 Å². The van der Waals surface area contributed by atoms with Crippen molar-refractivity contribution < 1.29 is 0 Å². The Balaban J connectivity index is 2.85. The molecular formula is C10H11N3. The lowest BCUT2D eigenvalue weighted by atomic mass is 10.1. The predicted octanol–water partition coefficient (Wildman–Crippen LogP) is 1.90. The molecular weight excluding hydrogens is 162 g/mol. The highest BCUT2D eigenvalue weighted by Crippen LogP contribution is 2.11. The van der Waals surface area contributed by atoms with Crippen LogP contribution in [-0.4, -0.2) is 4.98 Å². The maximum Gasteiger partial charge on any atom is 0.123 e. The molecule has 0 fully saturated rings. The summed E-state index contributed by atoms with van der Waals surface area (Å²) in [5.74, 6) is 0.523. The molecule has 0 atom stereocenters. The first kappa shape index (κ1) is 9.27. The summed E-state index contributed by atoms with van der Waals surface area (Å²) in [5, 5.41) is 8.32. The van der Waals surface area contributed by atoms with Crippen molar-refractivity contribution in [3.63, 3.8) is 0 Å². The first-order valence-electron chi connectivity index (χ1n) is 3.99. The van der Waals surface area contributed by atoms with Crippen molar-refractivity contribution in [2.75, 3.05) is 5.73 Å². The number of nitriles is 1. The van der Waals surface area contributed by atoms with Gasteiger partial charge in [0.15, 0.2) is 0 Å². The van der Waals surface area contributed by atoms with Gasteiger partial charge >= 0.3 is 0 Å². The second-order valence-electron chi connectivity index (χ2n) is 2.73. The van der Waals surface area contributed by atoms with Crippen molar-refractivity contribution in [3.05, 3.63) is 29.5 Å². The number of nitrogen functional groups attached to an aromatic ring is 1. The molecule has 0 spiro atoms. The minimum atomic E-state index is 0.420. The monoisotopic (exact) mass is 173 g/mol. The predicted molar refractivity (Wildman–Crippen MR) is 52.7 cm³/mol. The number of nitrogens with two attached hydrogens (primary N) is 1. The van der Waals surface area contributed by atoms with E-state index in [2.05, 4.69) is 4.98 Å². The van der Waals surface area contributed by atoms with Gasteiger partial charge in [-0.1, -0.05) is 12.2 Å². The summed E-state index contributed by atoms with van der Waals surface area (Å²) < 4.78 is 0. The topological polar surface area (TPSA) is 62.7 Å². The number of nitrogens with zero attached hydrogens (tertiary/aromatic N) is 2. The first-order valence-corrected chi connectivity index (χ1v) is 3.99. The van der Waals surface area contributed by atoms with E-state index in [1.807, 2.05) is 25.1 Å². The summed E-state index contributed by atoms with van der Waals surface area (Å²) in [7, 11) is 0. The van der Waals surface area contributed by atoms with E-state index >= 15 is 0 Å². The average Bonchev–Trinajstić information content (AvgIpc) is 2.09. The SMILES string of the molecule is Cc1cc(N)ncc1C=CCC#N. The van der Waals surface area contributed by atoms with Gasteiger partial charge in [-0.3, -0.25) is 0 Å². The molecule has 1 heterocycles. The summed E-state index contributed by atoms with van der Waals surface area (Å²) in [6, 6.07) is 3.85. The van der Waals surface area contributed by atoms with Gasteiger partial charge in [0.05, 0.1) is 12.5 Å². The molecule has 1 rings (SSSR count). The Morgan fingerprint density at radius 2 is 2.46 bits per heavy atom. The fourth-order valence-electron chi connectivity index (χ4n) is 1.00. The molecule has 13 heavy (non-hydrogen) atoms. The third-order valence-electron chi connectivity index (χ3n) is 1.68. The molecule has 1 aromatic heterocycles. The second-order valence-corrected chi connectivity index (χ2v) is 2.73. The number of anilines is 1. The van der Waals surface area contributed by atoms with Gasteiger partial charge in [-0.2, -0.15) is 5.26 Å². The maximum absolute atomic E-state index is 8.32. The van der Waals surface area contributed by atoms with Gasteiger partial charge in [-0.15, -0.1) is 0 Å². The molecule has 3 heteroatoms. The number of allylic oxidation sites excluding steroid dienone is 1. The summed E-state index contributed by atoms with van der Waals surface area (Å²) in [5.41, 5.74) is 7.57. The highest BCUT2D eigenvalue weighted by Gasteiger charge is 1.94. The lowest BCUT2D eigenvalue weighted by Gasteiger charge is -1.99. The lowest BCUT2D eigenvalue weighted by Crippen LogP contribution is -1.91. The van der Waals surface area contributed by atoms with E-state index in [1.165, 1.54) is 0 Å². The van der Waals surface area contributed by atoms with Crippen LogP contribution in [0.4, 0.5) is 5.82 Å². The first-order chi connectivity index (χ1) is 6.24. The summed E-state index contributed by atoms with van der Waals surface area (Å²) in [6.45, 7) is 1.96. The maximum atomic E-state index is 8.32. The van der Waals surface area contributed by atoms with Crippen LogP contribution in [0.2, 0.25) is 0 Å². The smallest absolute Gasteiger partial charge is 0.123 e. The third kappa shape index (κ3) is 2.60. The van der Waals surface area contributed by atoms with Crippen LogP contribution < -0.4 is 5.73 Å². The molecule has 0 aliphatic carbocycles. The fraction of sp³-hybridized carbons (Fsp3) is 0.200. The van der Waals surface area contributed by atoms with Gasteiger partial charge in [-0.25, -0.2) is 4.98 Å². The number of rotatable bonds is 2. The number of aromatic nitrogens is 1. The molecule has 0 bridgehead atoms. The van der Waals surface area contributed by atoms with Gasteiger partial charge in [0.25, 0.3) is 0 Å². The summed E-state index contributed by atoms with van der Waals surface area (Å²) in [6.07, 6.45) is 5.81. The molecule has 0 aromatic carbocycles. The van der Waals surface area contributed by atoms with E-state index in [1.54, 1.807) is 12.3 Å². The Bertz CT molecular complexity index is 361. The van der Waals surface area contributed by atoms with Gasteiger partial charge in [0.1, 0.15) is 5.82 Å². The summed E-state index contributed by atoms with van der Waals surface area (Å²) >= 11 is 0. The fourth-order valence-corrected chi connectivity index (χ4v) is 1.00. The number of hydrogen-bond acceptors (Lipinski definition) is 3. The molecule has 2 N–H and O–H groups in total. The van der Waals surface area contributed by atoms with Crippen molar-refractivity contribution in [1.29, 1.82) is 5.26 Å². The zero-order valence-corrected chi connectivity index (χ0v) is 7.49. The van der Waals surface area contributed by atoms with Crippen LogP contribution in [-0.2, 0) is 0 Å². The van der Waals surface area contributed by atoms with Crippen molar-refractivity contribution >= 4 is 11.9 Å². The Hall–Kier alpha value is -1.82. The van der Waals surface area contributed by atoms with E-state index < -0.39 is 0 Å². The van der Waals surface area contributed by atoms with Crippen molar-refractivity contribution in [3.8, 4) is 6.07 Å². The summed E-state index contributed by atoms with van der Waals surface area (Å²) in [4.78, 5) is 3.96. The molecule has 0 saturated carbocycles. The molecule has 0 amide bonds. The normalized spacial score (nSPS) is 10.2. The average molecular weight is 173 g/mol. The number of aryl methyl sites for hydroxylation is 1. The second kappa shape index (κ2) is 4.27. The van der Waals surface area contributed by atoms with E-state index in [4.69, 9.17) is 11.0 Å². The van der Waals surface area contributed by atoms with Gasteiger partial charge in [-0.05, 0) is 24.1 Å². The molecule has 0 aliphatic heterocycles. The van der Waals surface area contributed by atoms with E-state index in [0.717, 1.165) is 11.1 Å². The third-order valence-corrected chi connectivity index (χ3v) is 1.68. The Labute approximate surface area is 77.5 Å². The largest absolute Gasteiger partial charge is 0.384 e. The molecule has 0 saturated heterocycles. The van der Waals surface area contributed by atoms with Crippen molar-refractivity contribution in [2.24, 2.45) is 0 Å². The Morgan fingerprint density at radius 3 is 3.08 bits per heavy atom. The van der Waals surface area contributed by atoms with E-state index in [-0.39, 0.29) is 0 Å². The number of pyridine rings is 1. The van der Waals surface area contributed by atoms with Crippen molar-refractivity contribution in [1.82, 2.24) is 4.98 Å². The molecule has 66 valence electrons. The highest BCUT2D eigenvalue weighted by molar-refractivity contribution is 5.54. The lowest BCUT2D eigenvalue weighted by molar-refractivity contribution is 1.27. The van der Waals surface area contributed by atoms with Crippen LogP contribution in [0, 0.1) is 18.3 Å². The highest BCUT2D eigenvalue weighted by atomic mass is 14.8. The van der Waals surface area contributed by atoms with Gasteiger partial charge < -0.3 is 5.73 Å². The van der Waals surface area contributed by atoms with E-state index in [9.17, 15) is 0 Å². The molecule has 0 aliphatic rings. The van der Waals surface area contributed by atoms with Crippen LogP contribution >= 0.6 is 0 Å².